The standard InChI is InChI=1S/C15H17NO2/c1-10(2)16-15(17)13-9-14(18-11(13)3)12-7-5-4-6-8-12/h4-10H,1-3H3,(H,16,17). The van der Waals surface area contributed by atoms with Crippen LogP contribution in [0.1, 0.15) is 30.0 Å². The highest BCUT2D eigenvalue weighted by Crippen LogP contribution is 2.25. The first-order valence-electron chi connectivity index (χ1n) is 6.04. The zero-order valence-electron chi connectivity index (χ0n) is 10.9. The van der Waals surface area contributed by atoms with Crippen LogP contribution >= 0.6 is 0 Å². The molecule has 0 atom stereocenters. The lowest BCUT2D eigenvalue weighted by Gasteiger charge is -2.06. The molecule has 1 aromatic carbocycles. The lowest BCUT2D eigenvalue weighted by molar-refractivity contribution is 0.0941. The summed E-state index contributed by atoms with van der Waals surface area (Å²) in [6, 6.07) is 11.7. The first-order chi connectivity index (χ1) is 8.58. The normalized spacial score (nSPS) is 10.7. The summed E-state index contributed by atoms with van der Waals surface area (Å²) in [6.45, 7) is 5.68. The van der Waals surface area contributed by atoms with Crippen molar-refractivity contribution in [2.45, 2.75) is 26.8 Å². The Hall–Kier alpha value is -2.03. The quantitative estimate of drug-likeness (QED) is 0.897. The number of carbonyl (C=O) groups excluding carboxylic acids is 1. The molecule has 0 radical (unpaired) electrons. The molecule has 1 N–H and O–H groups in total. The Morgan fingerprint density at radius 2 is 1.89 bits per heavy atom. The molecule has 0 aliphatic rings. The minimum Gasteiger partial charge on any atom is -0.461 e. The fourth-order valence-corrected chi connectivity index (χ4v) is 1.79. The molecule has 2 aromatic rings. The molecule has 0 unspecified atom stereocenters. The third-order valence-electron chi connectivity index (χ3n) is 2.64. The van der Waals surface area contributed by atoms with Gasteiger partial charge in [0, 0.05) is 11.6 Å². The summed E-state index contributed by atoms with van der Waals surface area (Å²) < 4.78 is 5.64. The van der Waals surface area contributed by atoms with Gasteiger partial charge in [0.05, 0.1) is 5.56 Å². The number of benzene rings is 1. The number of aryl methyl sites for hydroxylation is 1. The summed E-state index contributed by atoms with van der Waals surface area (Å²) in [7, 11) is 0. The van der Waals surface area contributed by atoms with Crippen molar-refractivity contribution in [2.75, 3.05) is 0 Å². The van der Waals surface area contributed by atoms with Crippen LogP contribution < -0.4 is 5.32 Å². The molecular formula is C15H17NO2. The molecule has 1 aromatic heterocycles. The second-order valence-electron chi connectivity index (χ2n) is 4.57. The molecule has 0 saturated heterocycles. The zero-order chi connectivity index (χ0) is 13.1. The van der Waals surface area contributed by atoms with Gasteiger partial charge in [-0.1, -0.05) is 30.3 Å². The predicted molar refractivity (Wildman–Crippen MR) is 71.5 cm³/mol. The van der Waals surface area contributed by atoms with Crippen LogP contribution in [0.5, 0.6) is 0 Å². The number of hydrogen-bond acceptors (Lipinski definition) is 2. The van der Waals surface area contributed by atoms with Crippen molar-refractivity contribution in [3.8, 4) is 11.3 Å². The van der Waals surface area contributed by atoms with E-state index in [4.69, 9.17) is 4.42 Å². The van der Waals surface area contributed by atoms with Crippen molar-refractivity contribution in [3.05, 3.63) is 47.7 Å². The Morgan fingerprint density at radius 1 is 1.22 bits per heavy atom. The van der Waals surface area contributed by atoms with Gasteiger partial charge in [-0.25, -0.2) is 0 Å². The van der Waals surface area contributed by atoms with Gasteiger partial charge in [0.1, 0.15) is 11.5 Å². The molecule has 0 bridgehead atoms. The van der Waals surface area contributed by atoms with E-state index in [-0.39, 0.29) is 11.9 Å². The zero-order valence-corrected chi connectivity index (χ0v) is 10.9. The Labute approximate surface area is 107 Å². The van der Waals surface area contributed by atoms with Crippen LogP contribution in [-0.4, -0.2) is 11.9 Å². The van der Waals surface area contributed by atoms with E-state index < -0.39 is 0 Å². The van der Waals surface area contributed by atoms with Crippen LogP contribution in [0.3, 0.4) is 0 Å². The van der Waals surface area contributed by atoms with Crippen molar-refractivity contribution in [3.63, 3.8) is 0 Å². The maximum Gasteiger partial charge on any atom is 0.255 e. The van der Waals surface area contributed by atoms with Gasteiger partial charge >= 0.3 is 0 Å². The van der Waals surface area contributed by atoms with Gasteiger partial charge in [0.2, 0.25) is 0 Å². The monoisotopic (exact) mass is 243 g/mol. The lowest BCUT2D eigenvalue weighted by Crippen LogP contribution is -2.30. The number of nitrogens with one attached hydrogen (secondary N) is 1. The van der Waals surface area contributed by atoms with Crippen molar-refractivity contribution < 1.29 is 9.21 Å². The minimum absolute atomic E-state index is 0.0894. The largest absolute Gasteiger partial charge is 0.461 e. The van der Waals surface area contributed by atoms with E-state index in [1.807, 2.05) is 51.1 Å². The van der Waals surface area contributed by atoms with E-state index in [1.54, 1.807) is 6.07 Å². The molecular weight excluding hydrogens is 226 g/mol. The Morgan fingerprint density at radius 3 is 2.50 bits per heavy atom. The van der Waals surface area contributed by atoms with E-state index >= 15 is 0 Å². The van der Waals surface area contributed by atoms with E-state index in [2.05, 4.69) is 5.32 Å². The predicted octanol–water partition coefficient (Wildman–Crippen LogP) is 3.39. The highest BCUT2D eigenvalue weighted by molar-refractivity contribution is 5.96. The van der Waals surface area contributed by atoms with Crippen LogP contribution in [0.25, 0.3) is 11.3 Å². The summed E-state index contributed by atoms with van der Waals surface area (Å²) >= 11 is 0. The molecule has 3 nitrogen and oxygen atoms in total. The SMILES string of the molecule is Cc1oc(-c2ccccc2)cc1C(=O)NC(C)C. The summed E-state index contributed by atoms with van der Waals surface area (Å²) in [5.41, 5.74) is 1.58. The molecule has 1 heterocycles. The summed E-state index contributed by atoms with van der Waals surface area (Å²) in [5, 5.41) is 2.87. The van der Waals surface area contributed by atoms with Gasteiger partial charge in [-0.3, -0.25) is 4.79 Å². The molecule has 2 rings (SSSR count). The molecule has 0 aliphatic carbocycles. The first kappa shape index (κ1) is 12.4. The highest BCUT2D eigenvalue weighted by Gasteiger charge is 2.16. The number of carbonyl (C=O) groups is 1. The number of hydrogen-bond donors (Lipinski definition) is 1. The average Bonchev–Trinajstić information content (AvgIpc) is 2.72. The fourth-order valence-electron chi connectivity index (χ4n) is 1.79. The Balaban J connectivity index is 2.30. The highest BCUT2D eigenvalue weighted by atomic mass is 16.3. The summed E-state index contributed by atoms with van der Waals surface area (Å²) in [4.78, 5) is 11.9. The van der Waals surface area contributed by atoms with Gasteiger partial charge in [-0.2, -0.15) is 0 Å². The van der Waals surface area contributed by atoms with E-state index in [0.29, 0.717) is 11.3 Å². The van der Waals surface area contributed by atoms with Crippen LogP contribution in [0.15, 0.2) is 40.8 Å². The van der Waals surface area contributed by atoms with E-state index in [9.17, 15) is 4.79 Å². The average molecular weight is 243 g/mol. The lowest BCUT2D eigenvalue weighted by atomic mass is 10.1. The van der Waals surface area contributed by atoms with Crippen LogP contribution in [-0.2, 0) is 0 Å². The number of furan rings is 1. The van der Waals surface area contributed by atoms with Gasteiger partial charge < -0.3 is 9.73 Å². The molecule has 0 spiro atoms. The number of rotatable bonds is 3. The molecule has 18 heavy (non-hydrogen) atoms. The summed E-state index contributed by atoms with van der Waals surface area (Å²) in [6.07, 6.45) is 0. The molecule has 0 aliphatic heterocycles. The third kappa shape index (κ3) is 2.62. The van der Waals surface area contributed by atoms with Crippen LogP contribution in [0.4, 0.5) is 0 Å². The molecule has 0 saturated carbocycles. The maximum absolute atomic E-state index is 11.9. The molecule has 94 valence electrons. The van der Waals surface area contributed by atoms with Crippen molar-refractivity contribution >= 4 is 5.91 Å². The first-order valence-corrected chi connectivity index (χ1v) is 6.04. The second-order valence-corrected chi connectivity index (χ2v) is 4.57. The third-order valence-corrected chi connectivity index (χ3v) is 2.64. The molecule has 0 fully saturated rings. The van der Waals surface area contributed by atoms with Gasteiger partial charge in [-0.15, -0.1) is 0 Å². The van der Waals surface area contributed by atoms with Crippen molar-refractivity contribution in [1.29, 1.82) is 0 Å². The van der Waals surface area contributed by atoms with Gasteiger partial charge in [-0.05, 0) is 26.8 Å². The Bertz CT molecular complexity index is 541. The van der Waals surface area contributed by atoms with E-state index in [0.717, 1.165) is 11.3 Å². The topological polar surface area (TPSA) is 42.2 Å². The van der Waals surface area contributed by atoms with E-state index in [1.165, 1.54) is 0 Å². The summed E-state index contributed by atoms with van der Waals surface area (Å²) in [5.74, 6) is 1.28. The van der Waals surface area contributed by atoms with Crippen molar-refractivity contribution in [1.82, 2.24) is 5.32 Å². The van der Waals surface area contributed by atoms with Gasteiger partial charge in [0.25, 0.3) is 5.91 Å². The molecule has 1 amide bonds. The smallest absolute Gasteiger partial charge is 0.255 e. The number of amides is 1. The van der Waals surface area contributed by atoms with Crippen LogP contribution in [0.2, 0.25) is 0 Å². The Kier molecular flexibility index (Phi) is 3.51. The fraction of sp³-hybridized carbons (Fsp3) is 0.267. The van der Waals surface area contributed by atoms with Crippen molar-refractivity contribution in [2.24, 2.45) is 0 Å². The molecule has 3 heteroatoms. The maximum atomic E-state index is 11.9. The minimum atomic E-state index is -0.0894. The van der Waals surface area contributed by atoms with Gasteiger partial charge in [0.15, 0.2) is 0 Å². The van der Waals surface area contributed by atoms with Crippen LogP contribution in [0, 0.1) is 6.92 Å². The second kappa shape index (κ2) is 5.08.